The molecule has 106 valence electrons. The summed E-state index contributed by atoms with van der Waals surface area (Å²) in [5, 5.41) is 4.12. The Balaban J connectivity index is 2.27. The predicted octanol–water partition coefficient (Wildman–Crippen LogP) is 5.13. The Labute approximate surface area is 132 Å². The second-order valence-electron chi connectivity index (χ2n) is 4.58. The molecule has 1 nitrogen and oxygen atoms in total. The molecule has 1 unspecified atom stereocenters. The van der Waals surface area contributed by atoms with Crippen LogP contribution in [0.2, 0.25) is 5.02 Å². The van der Waals surface area contributed by atoms with Crippen molar-refractivity contribution in [1.82, 2.24) is 5.32 Å². The first kappa shape index (κ1) is 15.5. The summed E-state index contributed by atoms with van der Waals surface area (Å²) in [6.07, 6.45) is 0.731. The zero-order valence-corrected chi connectivity index (χ0v) is 13.5. The third kappa shape index (κ3) is 3.81. The van der Waals surface area contributed by atoms with Gasteiger partial charge in [0.05, 0.1) is 4.47 Å². The molecule has 1 atom stereocenters. The zero-order chi connectivity index (χ0) is 14.5. The van der Waals surface area contributed by atoms with Gasteiger partial charge >= 0.3 is 0 Å². The van der Waals surface area contributed by atoms with E-state index in [9.17, 15) is 4.39 Å². The van der Waals surface area contributed by atoms with Gasteiger partial charge in [0.1, 0.15) is 5.82 Å². The van der Waals surface area contributed by atoms with Gasteiger partial charge in [-0.3, -0.25) is 0 Å². The van der Waals surface area contributed by atoms with Crippen molar-refractivity contribution in [2.75, 3.05) is 6.54 Å². The van der Waals surface area contributed by atoms with Gasteiger partial charge in [-0.2, -0.15) is 0 Å². The summed E-state index contributed by atoms with van der Waals surface area (Å²) in [7, 11) is 0. The minimum atomic E-state index is -0.246. The standard InChI is InChI=1S/C16H16BrClFN/c1-2-20-16(10-11-5-3-4-6-14(11)18)12-7-8-13(17)15(19)9-12/h3-9,16,20H,2,10H2,1H3. The van der Waals surface area contributed by atoms with E-state index >= 15 is 0 Å². The predicted molar refractivity (Wildman–Crippen MR) is 85.7 cm³/mol. The quantitative estimate of drug-likeness (QED) is 0.782. The summed E-state index contributed by atoms with van der Waals surface area (Å²) in [5.41, 5.74) is 1.98. The molecule has 2 rings (SSSR count). The minimum Gasteiger partial charge on any atom is -0.310 e. The van der Waals surface area contributed by atoms with Crippen LogP contribution in [-0.2, 0) is 6.42 Å². The molecule has 2 aromatic carbocycles. The lowest BCUT2D eigenvalue weighted by Crippen LogP contribution is -2.23. The number of benzene rings is 2. The zero-order valence-electron chi connectivity index (χ0n) is 11.2. The fourth-order valence-electron chi connectivity index (χ4n) is 2.17. The van der Waals surface area contributed by atoms with Gasteiger partial charge in [-0.05, 0) is 58.2 Å². The van der Waals surface area contributed by atoms with Crippen LogP contribution in [0.4, 0.5) is 4.39 Å². The third-order valence-corrected chi connectivity index (χ3v) is 4.19. The minimum absolute atomic E-state index is 0.0440. The van der Waals surface area contributed by atoms with E-state index < -0.39 is 0 Å². The largest absolute Gasteiger partial charge is 0.310 e. The van der Waals surface area contributed by atoms with Crippen LogP contribution in [0.1, 0.15) is 24.1 Å². The first-order valence-corrected chi connectivity index (χ1v) is 7.70. The number of hydrogen-bond acceptors (Lipinski definition) is 1. The van der Waals surface area contributed by atoms with Crippen molar-refractivity contribution < 1.29 is 4.39 Å². The molecule has 0 fully saturated rings. The summed E-state index contributed by atoms with van der Waals surface area (Å²) in [6.45, 7) is 2.85. The molecule has 1 N–H and O–H groups in total. The van der Waals surface area contributed by atoms with Crippen LogP contribution in [-0.4, -0.2) is 6.54 Å². The average molecular weight is 357 g/mol. The van der Waals surface area contributed by atoms with E-state index in [1.54, 1.807) is 12.1 Å². The Kier molecular flexibility index (Phi) is 5.58. The first-order valence-electron chi connectivity index (χ1n) is 6.53. The van der Waals surface area contributed by atoms with Crippen molar-refractivity contribution in [1.29, 1.82) is 0 Å². The van der Waals surface area contributed by atoms with Crippen LogP contribution < -0.4 is 5.32 Å². The van der Waals surface area contributed by atoms with Crippen LogP contribution >= 0.6 is 27.5 Å². The van der Waals surface area contributed by atoms with Crippen LogP contribution in [0.15, 0.2) is 46.9 Å². The number of likely N-dealkylation sites (N-methyl/N-ethyl adjacent to an activating group) is 1. The maximum Gasteiger partial charge on any atom is 0.137 e. The maximum absolute atomic E-state index is 13.7. The fourth-order valence-corrected chi connectivity index (χ4v) is 2.63. The Morgan fingerprint density at radius 3 is 2.65 bits per heavy atom. The molecular formula is C16H16BrClFN. The topological polar surface area (TPSA) is 12.0 Å². The van der Waals surface area contributed by atoms with Crippen LogP contribution in [0.3, 0.4) is 0 Å². The second kappa shape index (κ2) is 7.21. The average Bonchev–Trinajstić information content (AvgIpc) is 2.44. The number of nitrogens with one attached hydrogen (secondary N) is 1. The lowest BCUT2D eigenvalue weighted by atomic mass is 9.98. The highest BCUT2D eigenvalue weighted by molar-refractivity contribution is 9.10. The molecule has 2 aromatic rings. The van der Waals surface area contributed by atoms with E-state index in [1.165, 1.54) is 0 Å². The van der Waals surface area contributed by atoms with Crippen molar-refractivity contribution in [2.45, 2.75) is 19.4 Å². The van der Waals surface area contributed by atoms with Crippen LogP contribution in [0.25, 0.3) is 0 Å². The Bertz CT molecular complexity index is 588. The number of halogens is 3. The lowest BCUT2D eigenvalue weighted by Gasteiger charge is -2.19. The van der Waals surface area contributed by atoms with Crippen LogP contribution in [0.5, 0.6) is 0 Å². The monoisotopic (exact) mass is 355 g/mol. The number of hydrogen-bond donors (Lipinski definition) is 1. The molecule has 4 heteroatoms. The van der Waals surface area contributed by atoms with Gasteiger partial charge in [0.15, 0.2) is 0 Å². The molecule has 0 aromatic heterocycles. The molecule has 0 saturated carbocycles. The van der Waals surface area contributed by atoms with Gasteiger partial charge < -0.3 is 5.32 Å². The van der Waals surface area contributed by atoms with Gasteiger partial charge in [0.2, 0.25) is 0 Å². The molecule has 0 aliphatic heterocycles. The smallest absolute Gasteiger partial charge is 0.137 e. The molecule has 0 saturated heterocycles. The van der Waals surface area contributed by atoms with E-state index in [1.807, 2.05) is 37.3 Å². The van der Waals surface area contributed by atoms with Crippen LogP contribution in [0, 0.1) is 5.82 Å². The van der Waals surface area contributed by atoms with Crippen molar-refractivity contribution in [3.8, 4) is 0 Å². The summed E-state index contributed by atoms with van der Waals surface area (Å²) in [6, 6.07) is 13.0. The summed E-state index contributed by atoms with van der Waals surface area (Å²) >= 11 is 9.38. The third-order valence-electron chi connectivity index (χ3n) is 3.18. The molecule has 20 heavy (non-hydrogen) atoms. The van der Waals surface area contributed by atoms with Crippen molar-refractivity contribution in [3.05, 3.63) is 68.9 Å². The molecule has 0 heterocycles. The highest BCUT2D eigenvalue weighted by Gasteiger charge is 2.14. The highest BCUT2D eigenvalue weighted by Crippen LogP contribution is 2.26. The van der Waals surface area contributed by atoms with Gasteiger partial charge in [-0.1, -0.05) is 42.8 Å². The Morgan fingerprint density at radius 1 is 1.25 bits per heavy atom. The van der Waals surface area contributed by atoms with E-state index in [4.69, 9.17) is 11.6 Å². The summed E-state index contributed by atoms with van der Waals surface area (Å²) < 4.78 is 14.2. The van der Waals surface area contributed by atoms with E-state index in [0.29, 0.717) is 4.47 Å². The molecule has 0 radical (unpaired) electrons. The molecule has 0 spiro atoms. The van der Waals surface area contributed by atoms with E-state index in [0.717, 1.165) is 29.1 Å². The summed E-state index contributed by atoms with van der Waals surface area (Å²) in [4.78, 5) is 0. The van der Waals surface area contributed by atoms with Crippen molar-refractivity contribution >= 4 is 27.5 Å². The van der Waals surface area contributed by atoms with Crippen molar-refractivity contribution in [3.63, 3.8) is 0 Å². The van der Waals surface area contributed by atoms with Gasteiger partial charge in [-0.15, -0.1) is 0 Å². The highest BCUT2D eigenvalue weighted by atomic mass is 79.9. The Morgan fingerprint density at radius 2 is 2.00 bits per heavy atom. The molecular weight excluding hydrogens is 341 g/mol. The lowest BCUT2D eigenvalue weighted by molar-refractivity contribution is 0.542. The van der Waals surface area contributed by atoms with Crippen molar-refractivity contribution in [2.24, 2.45) is 0 Å². The van der Waals surface area contributed by atoms with Gasteiger partial charge in [0.25, 0.3) is 0 Å². The summed E-state index contributed by atoms with van der Waals surface area (Å²) in [5.74, 6) is -0.246. The fraction of sp³-hybridized carbons (Fsp3) is 0.250. The molecule has 0 aliphatic carbocycles. The normalized spacial score (nSPS) is 12.4. The Hall–Kier alpha value is -0.900. The molecule has 0 bridgehead atoms. The number of rotatable bonds is 5. The second-order valence-corrected chi connectivity index (χ2v) is 5.84. The molecule has 0 aliphatic rings. The van der Waals surface area contributed by atoms with Gasteiger partial charge in [0, 0.05) is 11.1 Å². The molecule has 0 amide bonds. The first-order chi connectivity index (χ1) is 9.61. The maximum atomic E-state index is 13.7. The van der Waals surface area contributed by atoms with E-state index in [-0.39, 0.29) is 11.9 Å². The van der Waals surface area contributed by atoms with Gasteiger partial charge in [-0.25, -0.2) is 4.39 Å². The SMILES string of the molecule is CCNC(Cc1ccccc1Cl)c1ccc(Br)c(F)c1. The van der Waals surface area contributed by atoms with E-state index in [2.05, 4.69) is 21.2 Å².